The van der Waals surface area contributed by atoms with Crippen LogP contribution in [-0.4, -0.2) is 65.4 Å². The lowest BCUT2D eigenvalue weighted by Gasteiger charge is -2.26. The minimum Gasteiger partial charge on any atom is -0.478 e. The number of carboxylic acids is 1. The molecular formula is C41H40N6O10S. The van der Waals surface area contributed by atoms with Crippen molar-refractivity contribution in [1.29, 1.82) is 0 Å². The number of hydrogen-bond acceptors (Lipinski definition) is 12. The van der Waals surface area contributed by atoms with Crippen LogP contribution in [-0.2, 0) is 26.3 Å². The highest BCUT2D eigenvalue weighted by Gasteiger charge is 2.32. The smallest absolute Gasteiger partial charge is 0.347 e. The number of unbranched alkanes of at least 4 members (excludes halogenated alkanes) is 1. The maximum atomic E-state index is 13.3. The molecule has 3 aromatic carbocycles. The van der Waals surface area contributed by atoms with Crippen molar-refractivity contribution in [2.45, 2.75) is 50.7 Å². The Morgan fingerprint density at radius 1 is 0.879 bits per heavy atom. The van der Waals surface area contributed by atoms with Gasteiger partial charge in [-0.1, -0.05) is 68.4 Å². The van der Waals surface area contributed by atoms with Crippen LogP contribution < -0.4 is 24.8 Å². The van der Waals surface area contributed by atoms with Crippen molar-refractivity contribution in [3.63, 3.8) is 0 Å². The number of nitrogens with zero attached hydrogens (tertiary/aromatic N) is 4. The van der Waals surface area contributed by atoms with Crippen LogP contribution >= 0.6 is 0 Å². The van der Waals surface area contributed by atoms with Gasteiger partial charge in [0.2, 0.25) is 24.7 Å². The van der Waals surface area contributed by atoms with E-state index in [9.17, 15) is 32.5 Å². The zero-order valence-electron chi connectivity index (χ0n) is 31.5. The van der Waals surface area contributed by atoms with E-state index >= 15 is 0 Å². The summed E-state index contributed by atoms with van der Waals surface area (Å²) in [6.45, 7) is 3.68. The highest BCUT2D eigenvalue weighted by atomic mass is 32.2. The number of amides is 2. The van der Waals surface area contributed by atoms with Gasteiger partial charge >= 0.3 is 5.97 Å². The third kappa shape index (κ3) is 10.6. The molecule has 6 rings (SSSR count). The largest absolute Gasteiger partial charge is 0.478 e. The number of aromatic nitrogens is 2. The Kier molecular flexibility index (Phi) is 12.7. The van der Waals surface area contributed by atoms with Crippen LogP contribution in [0.4, 0.5) is 5.82 Å². The first kappa shape index (κ1) is 40.9. The second-order valence-corrected chi connectivity index (χ2v) is 15.2. The summed E-state index contributed by atoms with van der Waals surface area (Å²) >= 11 is 0. The standard InChI is InChI=1S/C41H40N6O10S/c1-41(2,18-8-9-19-55-36-22-30(20-31(44-36)26-10-4-3-5-11-26)27-14-16-32-33(21-27)57-25-56-32)40(51)46-37(39(49)50)45-38(48)29-15-17-35(42-23-29)47-43-24-28-12-6-7-13-34(28)58(52,53)54/h3-7,10-17,20-23,37H,8-9,18-19,24-25H2,1-2H3,(H,45,48)(H,46,51)(H,49,50)(H,52,53,54)/t37-/m1/s1. The number of carboxylic acid groups (broad SMARTS) is 1. The number of nitrogens with one attached hydrogen (secondary N) is 2. The Bertz CT molecular complexity index is 2430. The molecule has 0 fully saturated rings. The second-order valence-electron chi connectivity index (χ2n) is 13.8. The molecule has 17 heteroatoms. The Labute approximate surface area is 334 Å². The highest BCUT2D eigenvalue weighted by Crippen LogP contribution is 2.37. The molecule has 2 aromatic heterocycles. The molecule has 1 aliphatic heterocycles. The molecular weight excluding hydrogens is 769 g/mol. The topological polar surface area (TPSA) is 228 Å². The molecule has 0 spiro atoms. The van der Waals surface area contributed by atoms with Crippen molar-refractivity contribution in [3.8, 4) is 39.8 Å². The lowest BCUT2D eigenvalue weighted by molar-refractivity contribution is -0.144. The van der Waals surface area contributed by atoms with Gasteiger partial charge in [-0.2, -0.15) is 13.5 Å². The van der Waals surface area contributed by atoms with Gasteiger partial charge in [0.05, 0.1) is 29.3 Å². The van der Waals surface area contributed by atoms with E-state index in [1.807, 2.05) is 60.7 Å². The summed E-state index contributed by atoms with van der Waals surface area (Å²) in [5, 5.41) is 22.3. The van der Waals surface area contributed by atoms with Gasteiger partial charge in [-0.05, 0) is 72.4 Å². The number of ether oxygens (including phenoxy) is 3. The zero-order chi connectivity index (χ0) is 41.3. The van der Waals surface area contributed by atoms with Gasteiger partial charge in [0.1, 0.15) is 0 Å². The summed E-state index contributed by atoms with van der Waals surface area (Å²) in [4.78, 5) is 46.7. The number of azo groups is 1. The molecule has 0 saturated heterocycles. The van der Waals surface area contributed by atoms with Crippen molar-refractivity contribution < 1.29 is 46.7 Å². The number of carbonyl (C=O) groups is 3. The van der Waals surface area contributed by atoms with Gasteiger partial charge in [-0.15, -0.1) is 5.11 Å². The summed E-state index contributed by atoms with van der Waals surface area (Å²) in [6.07, 6.45) is 0.956. The molecule has 16 nitrogen and oxygen atoms in total. The monoisotopic (exact) mass is 808 g/mol. The second kappa shape index (κ2) is 18.0. The first-order valence-electron chi connectivity index (χ1n) is 18.1. The van der Waals surface area contributed by atoms with Crippen molar-refractivity contribution in [2.75, 3.05) is 13.4 Å². The van der Waals surface area contributed by atoms with Gasteiger partial charge in [0, 0.05) is 23.2 Å². The summed E-state index contributed by atoms with van der Waals surface area (Å²) in [6, 6.07) is 27.7. The van der Waals surface area contributed by atoms with Gasteiger partial charge in [0.15, 0.2) is 17.3 Å². The summed E-state index contributed by atoms with van der Waals surface area (Å²) in [7, 11) is -4.45. The Morgan fingerprint density at radius 3 is 2.38 bits per heavy atom. The first-order valence-corrected chi connectivity index (χ1v) is 19.5. The average Bonchev–Trinajstić information content (AvgIpc) is 3.69. The van der Waals surface area contributed by atoms with E-state index in [4.69, 9.17) is 19.2 Å². The quantitative estimate of drug-likeness (QED) is 0.0337. The molecule has 0 radical (unpaired) electrons. The fourth-order valence-electron chi connectivity index (χ4n) is 5.89. The normalized spacial score (nSPS) is 12.9. The van der Waals surface area contributed by atoms with Crippen molar-refractivity contribution in [2.24, 2.45) is 15.6 Å². The van der Waals surface area contributed by atoms with Crippen LogP contribution in [0, 0.1) is 5.41 Å². The van der Waals surface area contributed by atoms with E-state index in [1.54, 1.807) is 19.9 Å². The van der Waals surface area contributed by atoms with Gasteiger partial charge in [-0.25, -0.2) is 14.8 Å². The molecule has 5 aromatic rings. The fraction of sp³-hybridized carbons (Fsp3) is 0.244. The maximum Gasteiger partial charge on any atom is 0.347 e. The van der Waals surface area contributed by atoms with E-state index in [-0.39, 0.29) is 35.2 Å². The van der Waals surface area contributed by atoms with E-state index in [1.165, 1.54) is 30.3 Å². The predicted molar refractivity (Wildman–Crippen MR) is 210 cm³/mol. The summed E-state index contributed by atoms with van der Waals surface area (Å²) in [5.74, 6) is -1.00. The van der Waals surface area contributed by atoms with Crippen LogP contribution in [0.2, 0.25) is 0 Å². The lowest BCUT2D eigenvalue weighted by Crippen LogP contribution is -2.55. The Hall–Kier alpha value is -6.72. The molecule has 300 valence electrons. The molecule has 0 unspecified atom stereocenters. The molecule has 0 bridgehead atoms. The molecule has 2 amide bonds. The number of carbonyl (C=O) groups excluding carboxylic acids is 2. The number of hydrogen-bond donors (Lipinski definition) is 4. The maximum absolute atomic E-state index is 13.3. The molecule has 4 N–H and O–H groups in total. The zero-order valence-corrected chi connectivity index (χ0v) is 32.3. The average molecular weight is 809 g/mol. The summed E-state index contributed by atoms with van der Waals surface area (Å²) in [5.41, 5.74) is 2.67. The SMILES string of the molecule is CC(C)(CCCCOc1cc(-c2ccc3c(c2)OCO3)cc(-c2ccccc2)n1)C(=O)N[C@@H](NC(=O)c1ccc(N=NCc2ccccc2S(=O)(=O)O)nc1)C(=O)O. The lowest BCUT2D eigenvalue weighted by atomic mass is 9.86. The fourth-order valence-corrected chi connectivity index (χ4v) is 6.60. The summed E-state index contributed by atoms with van der Waals surface area (Å²) < 4.78 is 49.7. The molecule has 3 heterocycles. The molecule has 0 aliphatic carbocycles. The van der Waals surface area contributed by atoms with Crippen molar-refractivity contribution >= 4 is 33.7 Å². The van der Waals surface area contributed by atoms with Crippen molar-refractivity contribution in [3.05, 3.63) is 114 Å². The van der Waals surface area contributed by atoms with Crippen LogP contribution in [0.15, 0.2) is 118 Å². The van der Waals surface area contributed by atoms with E-state index in [0.29, 0.717) is 43.2 Å². The molecule has 0 saturated carbocycles. The molecule has 1 aliphatic rings. The number of fused-ring (bicyclic) bond motifs is 1. The highest BCUT2D eigenvalue weighted by molar-refractivity contribution is 7.85. The predicted octanol–water partition coefficient (Wildman–Crippen LogP) is 6.60. The van der Waals surface area contributed by atoms with Crippen molar-refractivity contribution in [1.82, 2.24) is 20.6 Å². The van der Waals surface area contributed by atoms with Crippen LogP contribution in [0.1, 0.15) is 49.0 Å². The molecule has 1 atom stereocenters. The van der Waals surface area contributed by atoms with Crippen LogP contribution in [0.25, 0.3) is 22.4 Å². The minimum atomic E-state index is -4.45. The number of rotatable bonds is 17. The number of pyridine rings is 2. The number of benzene rings is 3. The van der Waals surface area contributed by atoms with E-state index in [0.717, 1.165) is 28.6 Å². The molecule has 58 heavy (non-hydrogen) atoms. The number of aliphatic carboxylic acids is 1. The van der Waals surface area contributed by atoms with Gasteiger partial charge in [-0.3, -0.25) is 14.1 Å². The minimum absolute atomic E-state index is 0.0118. The van der Waals surface area contributed by atoms with E-state index < -0.39 is 39.5 Å². The van der Waals surface area contributed by atoms with E-state index in [2.05, 4.69) is 25.8 Å². The van der Waals surface area contributed by atoms with Gasteiger partial charge in [0.25, 0.3) is 16.0 Å². The third-order valence-electron chi connectivity index (χ3n) is 9.11. The Balaban J connectivity index is 0.999. The Morgan fingerprint density at radius 2 is 1.64 bits per heavy atom. The van der Waals surface area contributed by atoms with Crippen LogP contribution in [0.3, 0.4) is 0 Å². The first-order chi connectivity index (χ1) is 27.8. The third-order valence-corrected chi connectivity index (χ3v) is 10.1. The van der Waals surface area contributed by atoms with Gasteiger partial charge < -0.3 is 30.0 Å². The van der Waals surface area contributed by atoms with Crippen LogP contribution in [0.5, 0.6) is 17.4 Å².